The molecule has 1 saturated carbocycles. The first-order valence-corrected chi connectivity index (χ1v) is 8.06. The Morgan fingerprint density at radius 1 is 1.24 bits per heavy atom. The molecule has 0 heterocycles. The van der Waals surface area contributed by atoms with Crippen LogP contribution < -0.4 is 4.74 Å². The van der Waals surface area contributed by atoms with Gasteiger partial charge in [0, 0.05) is 6.07 Å². The van der Waals surface area contributed by atoms with Gasteiger partial charge in [0.2, 0.25) is 0 Å². The molecule has 0 aliphatic heterocycles. The zero-order valence-electron chi connectivity index (χ0n) is 13.0. The Morgan fingerprint density at radius 3 is 2.52 bits per heavy atom. The van der Waals surface area contributed by atoms with Gasteiger partial charge in [0.1, 0.15) is 0 Å². The molecule has 116 valence electrons. The van der Waals surface area contributed by atoms with E-state index in [2.05, 4.69) is 6.92 Å². The van der Waals surface area contributed by atoms with Crippen molar-refractivity contribution in [3.8, 4) is 5.75 Å². The molecule has 4 nitrogen and oxygen atoms in total. The lowest BCUT2D eigenvalue weighted by Gasteiger charge is -2.28. The minimum Gasteiger partial charge on any atom is -0.487 e. The van der Waals surface area contributed by atoms with Crippen LogP contribution in [0.15, 0.2) is 18.2 Å². The molecule has 0 aromatic heterocycles. The van der Waals surface area contributed by atoms with Crippen LogP contribution in [0.3, 0.4) is 0 Å². The van der Waals surface area contributed by atoms with Gasteiger partial charge >= 0.3 is 5.69 Å². The van der Waals surface area contributed by atoms with E-state index in [9.17, 15) is 10.1 Å². The molecule has 1 aliphatic carbocycles. The van der Waals surface area contributed by atoms with Crippen molar-refractivity contribution in [2.24, 2.45) is 5.92 Å². The van der Waals surface area contributed by atoms with E-state index in [1.54, 1.807) is 12.1 Å². The standard InChI is InChI=1S/C17H25NO3/c1-3-5-13-6-8-14(9-7-13)15-10-11-17(21-4-2)16(12-15)18(19)20/h10-14H,3-9H2,1-2H3/t13-,14-. The Labute approximate surface area is 126 Å². The number of benzene rings is 1. The van der Waals surface area contributed by atoms with Crippen LogP contribution in [-0.2, 0) is 0 Å². The van der Waals surface area contributed by atoms with Gasteiger partial charge in [0.25, 0.3) is 0 Å². The minimum absolute atomic E-state index is 0.102. The maximum absolute atomic E-state index is 11.2. The molecule has 0 radical (unpaired) electrons. The number of nitro groups is 1. The number of hydrogen-bond acceptors (Lipinski definition) is 3. The lowest BCUT2D eigenvalue weighted by atomic mass is 9.77. The van der Waals surface area contributed by atoms with Gasteiger partial charge in [-0.3, -0.25) is 10.1 Å². The van der Waals surface area contributed by atoms with Gasteiger partial charge in [0.05, 0.1) is 11.5 Å². The van der Waals surface area contributed by atoms with E-state index in [0.29, 0.717) is 18.3 Å². The molecule has 0 atom stereocenters. The Balaban J connectivity index is 2.10. The number of hydrogen-bond donors (Lipinski definition) is 0. The first kappa shape index (κ1) is 15.8. The molecule has 1 fully saturated rings. The van der Waals surface area contributed by atoms with E-state index in [1.165, 1.54) is 25.7 Å². The lowest BCUT2D eigenvalue weighted by molar-refractivity contribution is -0.385. The largest absolute Gasteiger partial charge is 0.487 e. The first-order chi connectivity index (χ1) is 10.2. The second-order valence-corrected chi connectivity index (χ2v) is 5.92. The Bertz CT molecular complexity index is 479. The van der Waals surface area contributed by atoms with Crippen molar-refractivity contribution in [2.45, 2.75) is 58.3 Å². The first-order valence-electron chi connectivity index (χ1n) is 8.06. The minimum atomic E-state index is -0.336. The number of nitro benzene ring substituents is 1. The average Bonchev–Trinajstić information content (AvgIpc) is 2.49. The Hall–Kier alpha value is -1.58. The molecule has 1 aliphatic rings. The Morgan fingerprint density at radius 2 is 1.95 bits per heavy atom. The summed E-state index contributed by atoms with van der Waals surface area (Å²) in [5.41, 5.74) is 1.20. The highest BCUT2D eigenvalue weighted by molar-refractivity contribution is 5.49. The van der Waals surface area contributed by atoms with Gasteiger partial charge in [-0.2, -0.15) is 0 Å². The maximum atomic E-state index is 11.2. The fraction of sp³-hybridized carbons (Fsp3) is 0.647. The molecule has 1 aromatic rings. The van der Waals surface area contributed by atoms with E-state index in [0.717, 1.165) is 24.3 Å². The van der Waals surface area contributed by atoms with Crippen molar-refractivity contribution in [3.05, 3.63) is 33.9 Å². The summed E-state index contributed by atoms with van der Waals surface area (Å²) in [5, 5.41) is 11.2. The highest BCUT2D eigenvalue weighted by Gasteiger charge is 2.24. The van der Waals surface area contributed by atoms with Crippen LogP contribution in [0.4, 0.5) is 5.69 Å². The fourth-order valence-electron chi connectivity index (χ4n) is 3.40. The third kappa shape index (κ3) is 3.96. The van der Waals surface area contributed by atoms with Crippen LogP contribution >= 0.6 is 0 Å². The molecule has 0 saturated heterocycles. The van der Waals surface area contributed by atoms with Crippen LogP contribution in [0.2, 0.25) is 0 Å². The summed E-state index contributed by atoms with van der Waals surface area (Å²) in [6.45, 7) is 4.52. The highest BCUT2D eigenvalue weighted by atomic mass is 16.6. The van der Waals surface area contributed by atoms with Crippen LogP contribution in [0, 0.1) is 16.0 Å². The SMILES string of the molecule is CCC[C@H]1CC[C@H](c2ccc(OCC)c([N+](=O)[O-])c2)CC1. The quantitative estimate of drug-likeness (QED) is 0.543. The molecule has 0 unspecified atom stereocenters. The second-order valence-electron chi connectivity index (χ2n) is 5.92. The zero-order valence-corrected chi connectivity index (χ0v) is 13.0. The molecule has 2 rings (SSSR count). The molecule has 0 amide bonds. The van der Waals surface area contributed by atoms with Gasteiger partial charge in [-0.25, -0.2) is 0 Å². The van der Waals surface area contributed by atoms with Gasteiger partial charge < -0.3 is 4.74 Å². The predicted octanol–water partition coefficient (Wildman–Crippen LogP) is 5.07. The number of rotatable bonds is 6. The van der Waals surface area contributed by atoms with Gasteiger partial charge in [-0.05, 0) is 56.1 Å². The second kappa shape index (κ2) is 7.43. The van der Waals surface area contributed by atoms with E-state index < -0.39 is 0 Å². The topological polar surface area (TPSA) is 52.4 Å². The number of nitrogens with zero attached hydrogens (tertiary/aromatic N) is 1. The highest BCUT2D eigenvalue weighted by Crippen LogP contribution is 2.40. The van der Waals surface area contributed by atoms with Gasteiger partial charge in [0.15, 0.2) is 5.75 Å². The maximum Gasteiger partial charge on any atom is 0.311 e. The lowest BCUT2D eigenvalue weighted by Crippen LogP contribution is -2.13. The molecule has 0 N–H and O–H groups in total. The predicted molar refractivity (Wildman–Crippen MR) is 83.9 cm³/mol. The third-order valence-corrected chi connectivity index (χ3v) is 4.49. The molecule has 0 spiro atoms. The fourth-order valence-corrected chi connectivity index (χ4v) is 3.40. The summed E-state index contributed by atoms with van der Waals surface area (Å²) in [5.74, 6) is 1.70. The molecule has 4 heteroatoms. The average molecular weight is 291 g/mol. The van der Waals surface area contributed by atoms with Gasteiger partial charge in [-0.1, -0.05) is 25.8 Å². The summed E-state index contributed by atoms with van der Waals surface area (Å²) in [6, 6.07) is 5.48. The third-order valence-electron chi connectivity index (χ3n) is 4.49. The Kier molecular flexibility index (Phi) is 5.59. The van der Waals surface area contributed by atoms with E-state index in [-0.39, 0.29) is 10.6 Å². The summed E-state index contributed by atoms with van der Waals surface area (Å²) < 4.78 is 5.35. The normalized spacial score (nSPS) is 22.0. The van der Waals surface area contributed by atoms with Crippen LogP contribution in [0.25, 0.3) is 0 Å². The smallest absolute Gasteiger partial charge is 0.311 e. The molecule has 1 aromatic carbocycles. The van der Waals surface area contributed by atoms with E-state index in [4.69, 9.17) is 4.74 Å². The number of ether oxygens (including phenoxy) is 1. The zero-order chi connectivity index (χ0) is 15.2. The van der Waals surface area contributed by atoms with Crippen molar-refractivity contribution in [1.29, 1.82) is 0 Å². The van der Waals surface area contributed by atoms with Crippen molar-refractivity contribution >= 4 is 5.69 Å². The van der Waals surface area contributed by atoms with Crippen LogP contribution in [0.5, 0.6) is 5.75 Å². The van der Waals surface area contributed by atoms with Gasteiger partial charge in [-0.15, -0.1) is 0 Å². The summed E-state index contributed by atoms with van der Waals surface area (Å²) >= 11 is 0. The molecule has 0 bridgehead atoms. The van der Waals surface area contributed by atoms with Crippen molar-refractivity contribution < 1.29 is 9.66 Å². The summed E-state index contributed by atoms with van der Waals surface area (Å²) in [6.07, 6.45) is 7.37. The van der Waals surface area contributed by atoms with Crippen molar-refractivity contribution in [2.75, 3.05) is 6.61 Å². The van der Waals surface area contributed by atoms with Crippen molar-refractivity contribution in [1.82, 2.24) is 0 Å². The van der Waals surface area contributed by atoms with Crippen molar-refractivity contribution in [3.63, 3.8) is 0 Å². The summed E-state index contributed by atoms with van der Waals surface area (Å²) in [7, 11) is 0. The molecular weight excluding hydrogens is 266 g/mol. The molecule has 21 heavy (non-hydrogen) atoms. The van der Waals surface area contributed by atoms with E-state index in [1.807, 2.05) is 13.0 Å². The molecular formula is C17H25NO3. The summed E-state index contributed by atoms with van der Waals surface area (Å²) in [4.78, 5) is 10.9. The van der Waals surface area contributed by atoms with Crippen LogP contribution in [-0.4, -0.2) is 11.5 Å². The monoisotopic (exact) mass is 291 g/mol. The van der Waals surface area contributed by atoms with E-state index >= 15 is 0 Å². The van der Waals surface area contributed by atoms with Crippen LogP contribution in [0.1, 0.15) is 63.9 Å².